The molecule has 0 heteroatoms. The van der Waals surface area contributed by atoms with Crippen LogP contribution in [0.2, 0.25) is 0 Å². The molecule has 3 fully saturated rings. The van der Waals surface area contributed by atoms with Crippen molar-refractivity contribution in [3.05, 3.63) is 0 Å². The van der Waals surface area contributed by atoms with Gasteiger partial charge in [0, 0.05) is 0 Å². The second kappa shape index (κ2) is 5.03. The SMILES string of the molecule is CCC1C(C)C2C(C)CC3C(C(C)C)C(C)C3C(C)C12. The van der Waals surface area contributed by atoms with Crippen LogP contribution in [0, 0.1) is 65.1 Å². The fourth-order valence-corrected chi connectivity index (χ4v) is 7.68. The minimum absolute atomic E-state index is 0.890. The molecule has 0 heterocycles. The van der Waals surface area contributed by atoms with Crippen molar-refractivity contribution < 1.29 is 0 Å². The highest BCUT2D eigenvalue weighted by Gasteiger charge is 2.61. The molecule has 0 saturated heterocycles. The van der Waals surface area contributed by atoms with Crippen LogP contribution in [-0.2, 0) is 0 Å². The van der Waals surface area contributed by atoms with Crippen LogP contribution in [0.15, 0.2) is 0 Å². The summed E-state index contributed by atoms with van der Waals surface area (Å²) in [5, 5.41) is 0. The van der Waals surface area contributed by atoms with Crippen molar-refractivity contribution in [3.63, 3.8) is 0 Å². The summed E-state index contributed by atoms with van der Waals surface area (Å²) in [5.41, 5.74) is 0. The molecule has 3 aliphatic rings. The topological polar surface area (TPSA) is 0 Å². The first-order valence-electron chi connectivity index (χ1n) is 9.40. The van der Waals surface area contributed by atoms with Gasteiger partial charge in [-0.15, -0.1) is 0 Å². The number of rotatable bonds is 2. The van der Waals surface area contributed by atoms with E-state index in [1.165, 1.54) is 12.8 Å². The Kier molecular flexibility index (Phi) is 3.75. The predicted molar refractivity (Wildman–Crippen MR) is 87.3 cm³/mol. The van der Waals surface area contributed by atoms with Crippen molar-refractivity contribution in [1.29, 1.82) is 0 Å². The van der Waals surface area contributed by atoms with Gasteiger partial charge in [-0.1, -0.05) is 54.9 Å². The van der Waals surface area contributed by atoms with E-state index in [4.69, 9.17) is 0 Å². The van der Waals surface area contributed by atoms with Crippen LogP contribution in [0.25, 0.3) is 0 Å². The summed E-state index contributed by atoms with van der Waals surface area (Å²) in [5.74, 6) is 11.1. The van der Waals surface area contributed by atoms with Gasteiger partial charge in [-0.2, -0.15) is 0 Å². The highest BCUT2D eigenvalue weighted by molar-refractivity contribution is 5.09. The average molecular weight is 277 g/mol. The predicted octanol–water partition coefficient (Wildman–Crippen LogP) is 5.72. The maximum Gasteiger partial charge on any atom is -0.0321 e. The minimum Gasteiger partial charge on any atom is -0.0651 e. The van der Waals surface area contributed by atoms with E-state index in [2.05, 4.69) is 48.5 Å². The zero-order valence-corrected chi connectivity index (χ0v) is 14.8. The first kappa shape index (κ1) is 14.9. The molecule has 0 aromatic heterocycles. The van der Waals surface area contributed by atoms with Crippen LogP contribution in [0.1, 0.15) is 61.3 Å². The Balaban J connectivity index is 1.86. The lowest BCUT2D eigenvalue weighted by Crippen LogP contribution is -2.54. The maximum atomic E-state index is 2.62. The normalized spacial score (nSPS) is 58.2. The van der Waals surface area contributed by atoms with Crippen LogP contribution < -0.4 is 0 Å². The van der Waals surface area contributed by atoms with Crippen molar-refractivity contribution in [2.45, 2.75) is 61.3 Å². The summed E-state index contributed by atoms with van der Waals surface area (Å²) >= 11 is 0. The van der Waals surface area contributed by atoms with Crippen molar-refractivity contribution >= 4 is 0 Å². The van der Waals surface area contributed by atoms with E-state index < -0.39 is 0 Å². The largest absolute Gasteiger partial charge is 0.0651 e. The molecule has 3 rings (SSSR count). The van der Waals surface area contributed by atoms with E-state index in [-0.39, 0.29) is 0 Å². The molecule has 3 saturated carbocycles. The van der Waals surface area contributed by atoms with Crippen LogP contribution in [0.5, 0.6) is 0 Å². The van der Waals surface area contributed by atoms with Crippen molar-refractivity contribution in [1.82, 2.24) is 0 Å². The fraction of sp³-hybridized carbons (Fsp3) is 1.00. The second-order valence-corrected chi connectivity index (χ2v) is 9.08. The van der Waals surface area contributed by atoms with E-state index in [0.717, 1.165) is 65.1 Å². The van der Waals surface area contributed by atoms with Gasteiger partial charge in [0.25, 0.3) is 0 Å². The molecule has 0 spiro atoms. The van der Waals surface area contributed by atoms with Crippen LogP contribution in [-0.4, -0.2) is 0 Å². The zero-order chi connectivity index (χ0) is 14.8. The molecule has 0 amide bonds. The van der Waals surface area contributed by atoms with Crippen molar-refractivity contribution in [2.75, 3.05) is 0 Å². The first-order chi connectivity index (χ1) is 9.40. The van der Waals surface area contributed by atoms with E-state index in [0.29, 0.717) is 0 Å². The Morgan fingerprint density at radius 3 is 2.05 bits per heavy atom. The van der Waals surface area contributed by atoms with Gasteiger partial charge in [0.2, 0.25) is 0 Å². The Morgan fingerprint density at radius 2 is 1.50 bits per heavy atom. The summed E-state index contributed by atoms with van der Waals surface area (Å²) in [7, 11) is 0. The Bertz CT molecular complexity index is 357. The molecule has 0 aromatic rings. The average Bonchev–Trinajstić information content (AvgIpc) is 2.41. The fourth-order valence-electron chi connectivity index (χ4n) is 7.68. The number of hydrogen-bond donors (Lipinski definition) is 0. The quantitative estimate of drug-likeness (QED) is 0.604. The van der Waals surface area contributed by atoms with Gasteiger partial charge in [-0.05, 0) is 71.5 Å². The Morgan fingerprint density at radius 1 is 0.850 bits per heavy atom. The van der Waals surface area contributed by atoms with Gasteiger partial charge < -0.3 is 0 Å². The monoisotopic (exact) mass is 276 g/mol. The van der Waals surface area contributed by atoms with Crippen LogP contribution in [0.4, 0.5) is 0 Å². The lowest BCUT2D eigenvalue weighted by Gasteiger charge is -2.59. The highest BCUT2D eigenvalue weighted by atomic mass is 14.7. The molecule has 3 aliphatic carbocycles. The van der Waals surface area contributed by atoms with Crippen molar-refractivity contribution in [2.24, 2.45) is 65.1 Å². The molecule has 116 valence electrons. The summed E-state index contributed by atoms with van der Waals surface area (Å²) in [6.07, 6.45) is 2.95. The molecule has 0 bridgehead atoms. The molecule has 10 atom stereocenters. The molecule has 20 heavy (non-hydrogen) atoms. The van der Waals surface area contributed by atoms with E-state index in [9.17, 15) is 0 Å². The lowest BCUT2D eigenvalue weighted by atomic mass is 9.46. The highest BCUT2D eigenvalue weighted by Crippen LogP contribution is 2.66. The molecule has 0 N–H and O–H groups in total. The smallest absolute Gasteiger partial charge is 0.0321 e. The third-order valence-electron chi connectivity index (χ3n) is 8.18. The van der Waals surface area contributed by atoms with Gasteiger partial charge in [-0.25, -0.2) is 0 Å². The van der Waals surface area contributed by atoms with Crippen LogP contribution >= 0.6 is 0 Å². The second-order valence-electron chi connectivity index (χ2n) is 9.08. The zero-order valence-electron chi connectivity index (χ0n) is 14.8. The molecule has 0 radical (unpaired) electrons. The van der Waals surface area contributed by atoms with Gasteiger partial charge in [0.15, 0.2) is 0 Å². The van der Waals surface area contributed by atoms with Gasteiger partial charge in [0.1, 0.15) is 0 Å². The molecule has 0 aromatic carbocycles. The molecular weight excluding hydrogens is 240 g/mol. The van der Waals surface area contributed by atoms with Gasteiger partial charge >= 0.3 is 0 Å². The summed E-state index contributed by atoms with van der Waals surface area (Å²) < 4.78 is 0. The molecular formula is C20H36. The Labute approximate surface area is 127 Å². The summed E-state index contributed by atoms with van der Waals surface area (Å²) in [6, 6.07) is 0. The molecule has 10 unspecified atom stereocenters. The van der Waals surface area contributed by atoms with Crippen LogP contribution in [0.3, 0.4) is 0 Å². The van der Waals surface area contributed by atoms with Crippen molar-refractivity contribution in [3.8, 4) is 0 Å². The standard InChI is InChI=1S/C20H36/c1-8-15-12(5)18-11(4)9-16-17(10(2)3)13(6)19(16)14(7)20(15)18/h10-20H,8-9H2,1-7H3. The van der Waals surface area contributed by atoms with E-state index in [1.807, 2.05) is 0 Å². The number of hydrogen-bond acceptors (Lipinski definition) is 0. The third-order valence-corrected chi connectivity index (χ3v) is 8.18. The summed E-state index contributed by atoms with van der Waals surface area (Å²) in [4.78, 5) is 0. The Hall–Kier alpha value is 0. The lowest BCUT2D eigenvalue weighted by molar-refractivity contribution is -0.115. The van der Waals surface area contributed by atoms with Gasteiger partial charge in [-0.3, -0.25) is 0 Å². The minimum atomic E-state index is 0.890. The molecule has 0 aliphatic heterocycles. The molecule has 0 nitrogen and oxygen atoms in total. The number of fused-ring (bicyclic) bond motifs is 2. The maximum absolute atomic E-state index is 2.62. The third kappa shape index (κ3) is 1.78. The van der Waals surface area contributed by atoms with Gasteiger partial charge in [0.05, 0.1) is 0 Å². The first-order valence-corrected chi connectivity index (χ1v) is 9.40. The van der Waals surface area contributed by atoms with E-state index in [1.54, 1.807) is 0 Å². The van der Waals surface area contributed by atoms with E-state index >= 15 is 0 Å². The summed E-state index contributed by atoms with van der Waals surface area (Å²) in [6.45, 7) is 17.7.